The molecule has 3 aromatic carbocycles. The van der Waals surface area contributed by atoms with Crippen LogP contribution in [-0.4, -0.2) is 0 Å². The van der Waals surface area contributed by atoms with Crippen LogP contribution in [0.25, 0.3) is 22.3 Å². The lowest BCUT2D eigenvalue weighted by Crippen LogP contribution is -2.25. The quantitative estimate of drug-likeness (QED) is 0.153. The minimum atomic E-state index is -0.860. The van der Waals surface area contributed by atoms with Crippen molar-refractivity contribution >= 4 is 0 Å². The first-order valence-electron chi connectivity index (χ1n) is 17.0. The van der Waals surface area contributed by atoms with E-state index in [1.165, 1.54) is 38.5 Å². The Hall–Kier alpha value is -2.62. The highest BCUT2D eigenvalue weighted by molar-refractivity contribution is 5.71. The molecule has 0 amide bonds. The maximum atomic E-state index is 15.4. The van der Waals surface area contributed by atoms with Gasteiger partial charge in [-0.15, -0.1) is 0 Å². The summed E-state index contributed by atoms with van der Waals surface area (Å²) < 4.78 is 60.6. The lowest BCUT2D eigenvalue weighted by molar-refractivity contribution is 0.156. The SMILES string of the molecule is CCCCCCc1ccc(-c2ccc(-c3ccc(C4CCC(C5CCC(CCC)CC5)CC4)c(F)c3F)cc2)c(F)c1F. The van der Waals surface area contributed by atoms with Gasteiger partial charge in [0.1, 0.15) is 0 Å². The van der Waals surface area contributed by atoms with Crippen LogP contribution >= 0.6 is 0 Å². The van der Waals surface area contributed by atoms with Crippen LogP contribution in [-0.2, 0) is 6.42 Å². The standard InChI is InChI=1S/C39H48F4/c1-3-5-6-7-9-32-22-23-33(37(41)36(32)40)30-18-20-31(21-19-30)35-25-24-34(38(42)39(35)43)29-16-14-28(15-17-29)27-12-10-26(8-4-2)11-13-27/h18-29H,3-17H2,1-2H3. The van der Waals surface area contributed by atoms with Crippen molar-refractivity contribution in [3.05, 3.63) is 82.9 Å². The molecule has 0 N–H and O–H groups in total. The Morgan fingerprint density at radius 2 is 1.09 bits per heavy atom. The van der Waals surface area contributed by atoms with Crippen LogP contribution in [0.3, 0.4) is 0 Å². The van der Waals surface area contributed by atoms with Gasteiger partial charge in [0.15, 0.2) is 23.3 Å². The topological polar surface area (TPSA) is 0 Å². The summed E-state index contributed by atoms with van der Waals surface area (Å²) in [6.45, 7) is 4.39. The van der Waals surface area contributed by atoms with Gasteiger partial charge in [0.2, 0.25) is 0 Å². The summed E-state index contributed by atoms with van der Waals surface area (Å²) in [5.41, 5.74) is 2.28. The third-order valence-electron chi connectivity index (χ3n) is 10.5. The summed E-state index contributed by atoms with van der Waals surface area (Å²) in [5.74, 6) is -0.726. The van der Waals surface area contributed by atoms with E-state index in [9.17, 15) is 8.78 Å². The normalized spacial score (nSPS) is 22.6. The first-order chi connectivity index (χ1) is 20.9. The second-order valence-electron chi connectivity index (χ2n) is 13.3. The highest BCUT2D eigenvalue weighted by atomic mass is 19.2. The first-order valence-corrected chi connectivity index (χ1v) is 17.0. The van der Waals surface area contributed by atoms with Crippen LogP contribution in [0.5, 0.6) is 0 Å². The average Bonchev–Trinajstić information content (AvgIpc) is 3.03. The van der Waals surface area contributed by atoms with Gasteiger partial charge in [-0.25, -0.2) is 17.6 Å². The van der Waals surface area contributed by atoms with E-state index in [0.29, 0.717) is 28.7 Å². The van der Waals surface area contributed by atoms with Crippen molar-refractivity contribution in [1.29, 1.82) is 0 Å². The van der Waals surface area contributed by atoms with Gasteiger partial charge < -0.3 is 0 Å². The Kier molecular flexibility index (Phi) is 11.0. The minimum Gasteiger partial charge on any atom is -0.203 e. The van der Waals surface area contributed by atoms with Crippen molar-refractivity contribution in [2.24, 2.45) is 17.8 Å². The number of hydrogen-bond donors (Lipinski definition) is 0. The third-order valence-corrected chi connectivity index (χ3v) is 10.5. The fourth-order valence-corrected chi connectivity index (χ4v) is 7.94. The molecule has 3 aromatic rings. The van der Waals surface area contributed by atoms with Crippen molar-refractivity contribution in [2.45, 2.75) is 116 Å². The van der Waals surface area contributed by atoms with E-state index < -0.39 is 23.3 Å². The van der Waals surface area contributed by atoms with Crippen molar-refractivity contribution in [1.82, 2.24) is 0 Å². The minimum absolute atomic E-state index is 0.0612. The van der Waals surface area contributed by atoms with Gasteiger partial charge in [0, 0.05) is 11.1 Å². The molecule has 2 saturated carbocycles. The molecule has 232 valence electrons. The predicted molar refractivity (Wildman–Crippen MR) is 170 cm³/mol. The number of aryl methyl sites for hydroxylation is 1. The second-order valence-corrected chi connectivity index (χ2v) is 13.3. The van der Waals surface area contributed by atoms with Crippen LogP contribution in [0.4, 0.5) is 17.6 Å². The molecule has 0 saturated heterocycles. The first kappa shape index (κ1) is 31.8. The highest BCUT2D eigenvalue weighted by Gasteiger charge is 2.32. The fourth-order valence-electron chi connectivity index (χ4n) is 7.94. The molecule has 0 spiro atoms. The summed E-state index contributed by atoms with van der Waals surface area (Å²) in [7, 11) is 0. The molecule has 0 bridgehead atoms. The van der Waals surface area contributed by atoms with Gasteiger partial charge in [0.05, 0.1) is 0 Å². The smallest absolute Gasteiger partial charge is 0.166 e. The summed E-state index contributed by atoms with van der Waals surface area (Å²) in [5, 5.41) is 0. The Labute approximate surface area is 256 Å². The molecule has 4 heteroatoms. The zero-order valence-electron chi connectivity index (χ0n) is 26.0. The lowest BCUT2D eigenvalue weighted by atomic mass is 9.68. The molecular formula is C39H48F4. The van der Waals surface area contributed by atoms with Gasteiger partial charge in [-0.05, 0) is 97.3 Å². The van der Waals surface area contributed by atoms with Gasteiger partial charge in [-0.2, -0.15) is 0 Å². The van der Waals surface area contributed by atoms with Gasteiger partial charge in [0.25, 0.3) is 0 Å². The molecule has 0 atom stereocenters. The summed E-state index contributed by atoms with van der Waals surface area (Å²) in [6, 6.07) is 13.3. The van der Waals surface area contributed by atoms with E-state index in [2.05, 4.69) is 13.8 Å². The summed E-state index contributed by atoms with van der Waals surface area (Å²) >= 11 is 0. The maximum Gasteiger partial charge on any atom is 0.166 e. The number of rotatable bonds is 11. The molecule has 5 rings (SSSR count). The van der Waals surface area contributed by atoms with E-state index >= 15 is 8.78 Å². The molecular weight excluding hydrogens is 544 g/mol. The van der Waals surface area contributed by atoms with Crippen LogP contribution in [0, 0.1) is 41.0 Å². The number of benzene rings is 3. The number of unbranched alkanes of at least 4 members (excludes halogenated alkanes) is 3. The molecule has 0 unspecified atom stereocenters. The van der Waals surface area contributed by atoms with E-state index in [1.807, 2.05) is 0 Å². The van der Waals surface area contributed by atoms with Gasteiger partial charge in [-0.1, -0.05) is 107 Å². The maximum absolute atomic E-state index is 15.4. The second kappa shape index (κ2) is 14.9. The molecule has 0 aromatic heterocycles. The molecule has 0 nitrogen and oxygen atoms in total. The highest BCUT2D eigenvalue weighted by Crippen LogP contribution is 2.45. The Morgan fingerprint density at radius 1 is 0.535 bits per heavy atom. The van der Waals surface area contributed by atoms with E-state index in [4.69, 9.17) is 0 Å². The molecule has 43 heavy (non-hydrogen) atoms. The monoisotopic (exact) mass is 592 g/mol. The third kappa shape index (κ3) is 7.37. The molecule has 0 heterocycles. The van der Waals surface area contributed by atoms with Crippen LogP contribution in [0.15, 0.2) is 48.5 Å². The average molecular weight is 593 g/mol. The number of halogens is 4. The van der Waals surface area contributed by atoms with E-state index in [0.717, 1.165) is 69.1 Å². The van der Waals surface area contributed by atoms with Gasteiger partial charge in [-0.3, -0.25) is 0 Å². The zero-order chi connectivity index (χ0) is 30.3. The molecule has 0 radical (unpaired) electrons. The predicted octanol–water partition coefficient (Wildman–Crippen LogP) is 12.6. The van der Waals surface area contributed by atoms with E-state index in [1.54, 1.807) is 48.5 Å². The van der Waals surface area contributed by atoms with Crippen LogP contribution < -0.4 is 0 Å². The van der Waals surface area contributed by atoms with Gasteiger partial charge >= 0.3 is 0 Å². The Morgan fingerprint density at radius 3 is 1.67 bits per heavy atom. The van der Waals surface area contributed by atoms with Crippen molar-refractivity contribution < 1.29 is 17.6 Å². The van der Waals surface area contributed by atoms with E-state index in [-0.39, 0.29) is 17.0 Å². The molecule has 2 aliphatic rings. The van der Waals surface area contributed by atoms with Crippen LogP contribution in [0.1, 0.15) is 121 Å². The summed E-state index contributed by atoms with van der Waals surface area (Å²) in [4.78, 5) is 0. The van der Waals surface area contributed by atoms with Crippen molar-refractivity contribution in [3.8, 4) is 22.3 Å². The summed E-state index contributed by atoms with van der Waals surface area (Å²) in [6.07, 6.45) is 16.6. The van der Waals surface area contributed by atoms with Crippen LogP contribution in [0.2, 0.25) is 0 Å². The molecule has 0 aliphatic heterocycles. The molecule has 2 fully saturated rings. The lowest BCUT2D eigenvalue weighted by Gasteiger charge is -2.38. The largest absolute Gasteiger partial charge is 0.203 e. The fraction of sp³-hybridized carbons (Fsp3) is 0.538. The molecule has 2 aliphatic carbocycles. The van der Waals surface area contributed by atoms with Crippen molar-refractivity contribution in [2.75, 3.05) is 0 Å². The Balaban J connectivity index is 1.22. The zero-order valence-corrected chi connectivity index (χ0v) is 26.0. The Bertz CT molecular complexity index is 1330. The van der Waals surface area contributed by atoms with Crippen molar-refractivity contribution in [3.63, 3.8) is 0 Å². The number of hydrogen-bond acceptors (Lipinski definition) is 0.